The number of benzene rings is 2. The molecule has 5 heteroatoms. The molecule has 0 spiro atoms. The third-order valence-corrected chi connectivity index (χ3v) is 4.71. The van der Waals surface area contributed by atoms with Crippen molar-refractivity contribution in [3.8, 4) is 10.6 Å². The highest BCUT2D eigenvalue weighted by Gasteiger charge is 2.18. The summed E-state index contributed by atoms with van der Waals surface area (Å²) >= 11 is 7.73. The average molecular weight is 319 g/mol. The summed E-state index contributed by atoms with van der Waals surface area (Å²) in [6.45, 7) is 1.85. The quantitative estimate of drug-likeness (QED) is 0.636. The lowest BCUT2D eigenvalue weighted by Crippen LogP contribution is -1.91. The number of rotatable bonds is 3. The first-order chi connectivity index (χ1) is 10.1. The molecule has 0 saturated carbocycles. The Kier molecular flexibility index (Phi) is 3.99. The normalized spacial score (nSPS) is 12.3. The number of hydrogen-bond acceptors (Lipinski definition) is 3. The maximum absolute atomic E-state index is 14.0. The summed E-state index contributed by atoms with van der Waals surface area (Å²) in [6, 6.07) is 14.7. The summed E-state index contributed by atoms with van der Waals surface area (Å²) in [4.78, 5) is 0. The van der Waals surface area contributed by atoms with Gasteiger partial charge in [-0.3, -0.25) is 0 Å². The fraction of sp³-hybridized carbons (Fsp3) is 0.125. The van der Waals surface area contributed by atoms with E-state index in [2.05, 4.69) is 10.2 Å². The van der Waals surface area contributed by atoms with Crippen LogP contribution in [0.4, 0.5) is 4.39 Å². The van der Waals surface area contributed by atoms with Crippen LogP contribution in [-0.2, 0) is 0 Å². The van der Waals surface area contributed by atoms with Crippen LogP contribution in [0.2, 0.25) is 0 Å². The Bertz CT molecular complexity index is 758. The van der Waals surface area contributed by atoms with Gasteiger partial charge in [0.1, 0.15) is 16.2 Å². The Morgan fingerprint density at radius 3 is 2.57 bits per heavy atom. The number of alkyl halides is 1. The molecular weight excluding hydrogens is 307 g/mol. The fourth-order valence-corrected chi connectivity index (χ4v) is 3.20. The van der Waals surface area contributed by atoms with Gasteiger partial charge in [0.25, 0.3) is 0 Å². The van der Waals surface area contributed by atoms with Gasteiger partial charge in [-0.1, -0.05) is 47.7 Å². The highest BCUT2D eigenvalue weighted by Crippen LogP contribution is 2.34. The van der Waals surface area contributed by atoms with Crippen LogP contribution in [0.1, 0.15) is 21.5 Å². The van der Waals surface area contributed by atoms with Gasteiger partial charge in [0.2, 0.25) is 0 Å². The monoisotopic (exact) mass is 318 g/mol. The van der Waals surface area contributed by atoms with E-state index in [-0.39, 0.29) is 11.2 Å². The smallest absolute Gasteiger partial charge is 0.150 e. The molecule has 0 bridgehead atoms. The first-order valence-electron chi connectivity index (χ1n) is 6.44. The number of aryl methyl sites for hydroxylation is 1. The Hall–Kier alpha value is -1.78. The van der Waals surface area contributed by atoms with E-state index in [0.717, 1.165) is 11.1 Å². The van der Waals surface area contributed by atoms with E-state index in [9.17, 15) is 4.39 Å². The first-order valence-corrected chi connectivity index (χ1v) is 7.69. The summed E-state index contributed by atoms with van der Waals surface area (Å²) in [6.07, 6.45) is 0. The Balaban J connectivity index is 1.93. The fourth-order valence-electron chi connectivity index (χ4n) is 2.00. The van der Waals surface area contributed by atoms with Gasteiger partial charge in [-0.15, -0.1) is 21.8 Å². The zero-order chi connectivity index (χ0) is 14.8. The van der Waals surface area contributed by atoms with E-state index >= 15 is 0 Å². The molecule has 1 atom stereocenters. The van der Waals surface area contributed by atoms with Gasteiger partial charge in [0.05, 0.1) is 0 Å². The van der Waals surface area contributed by atoms with Crippen LogP contribution in [-0.4, -0.2) is 10.2 Å². The Labute approximate surface area is 131 Å². The van der Waals surface area contributed by atoms with Crippen LogP contribution in [0, 0.1) is 12.7 Å². The number of nitrogens with zero attached hydrogens (tertiary/aromatic N) is 2. The predicted octanol–water partition coefficient (Wildman–Crippen LogP) is 4.98. The lowest BCUT2D eigenvalue weighted by Gasteiger charge is -2.04. The Morgan fingerprint density at radius 1 is 1.10 bits per heavy atom. The number of hydrogen-bond donors (Lipinski definition) is 0. The van der Waals surface area contributed by atoms with Crippen molar-refractivity contribution in [3.05, 3.63) is 70.5 Å². The zero-order valence-electron chi connectivity index (χ0n) is 11.3. The molecule has 3 aromatic rings. The van der Waals surface area contributed by atoms with Crippen LogP contribution in [0.5, 0.6) is 0 Å². The molecule has 0 saturated heterocycles. The van der Waals surface area contributed by atoms with E-state index < -0.39 is 0 Å². The van der Waals surface area contributed by atoms with Crippen molar-refractivity contribution in [2.24, 2.45) is 0 Å². The third kappa shape index (κ3) is 2.96. The molecule has 2 aromatic carbocycles. The van der Waals surface area contributed by atoms with Crippen molar-refractivity contribution in [1.29, 1.82) is 0 Å². The molecule has 3 rings (SSSR count). The van der Waals surface area contributed by atoms with E-state index in [1.54, 1.807) is 6.07 Å². The van der Waals surface area contributed by atoms with Gasteiger partial charge in [-0.05, 0) is 30.2 Å². The summed E-state index contributed by atoms with van der Waals surface area (Å²) < 4.78 is 14.0. The topological polar surface area (TPSA) is 25.8 Å². The minimum atomic E-state index is -0.369. The van der Waals surface area contributed by atoms with Crippen molar-refractivity contribution < 1.29 is 4.39 Å². The predicted molar refractivity (Wildman–Crippen MR) is 84.2 cm³/mol. The molecule has 1 heterocycles. The van der Waals surface area contributed by atoms with Gasteiger partial charge in [0, 0.05) is 5.56 Å². The third-order valence-electron chi connectivity index (χ3n) is 3.10. The Morgan fingerprint density at radius 2 is 1.86 bits per heavy atom. The number of halogens is 2. The second kappa shape index (κ2) is 5.92. The average Bonchev–Trinajstić information content (AvgIpc) is 2.97. The largest absolute Gasteiger partial charge is 0.206 e. The summed E-state index contributed by atoms with van der Waals surface area (Å²) in [5.41, 5.74) is 2.29. The molecule has 2 nitrogen and oxygen atoms in total. The number of aromatic nitrogens is 2. The van der Waals surface area contributed by atoms with E-state index in [0.29, 0.717) is 15.6 Å². The molecule has 0 amide bonds. The van der Waals surface area contributed by atoms with Gasteiger partial charge in [-0.2, -0.15) is 0 Å². The lowest BCUT2D eigenvalue weighted by atomic mass is 10.1. The van der Waals surface area contributed by atoms with Crippen LogP contribution < -0.4 is 0 Å². The molecule has 1 unspecified atom stereocenters. The maximum Gasteiger partial charge on any atom is 0.150 e. The molecule has 21 heavy (non-hydrogen) atoms. The first kappa shape index (κ1) is 14.2. The van der Waals surface area contributed by atoms with E-state index in [4.69, 9.17) is 11.6 Å². The lowest BCUT2D eigenvalue weighted by molar-refractivity contribution is 0.630. The zero-order valence-corrected chi connectivity index (χ0v) is 12.8. The molecular formula is C16H12ClFN2S. The van der Waals surface area contributed by atoms with Crippen molar-refractivity contribution in [1.82, 2.24) is 10.2 Å². The van der Waals surface area contributed by atoms with Crippen LogP contribution in [0.25, 0.3) is 10.6 Å². The molecule has 0 aliphatic carbocycles. The van der Waals surface area contributed by atoms with Crippen molar-refractivity contribution in [2.45, 2.75) is 12.3 Å². The minimum Gasteiger partial charge on any atom is -0.206 e. The molecule has 0 fully saturated rings. The van der Waals surface area contributed by atoms with Crippen molar-refractivity contribution in [2.75, 3.05) is 0 Å². The molecule has 0 radical (unpaired) electrons. The van der Waals surface area contributed by atoms with Gasteiger partial charge >= 0.3 is 0 Å². The van der Waals surface area contributed by atoms with Gasteiger partial charge in [0.15, 0.2) is 5.01 Å². The molecule has 106 valence electrons. The van der Waals surface area contributed by atoms with Crippen molar-refractivity contribution in [3.63, 3.8) is 0 Å². The van der Waals surface area contributed by atoms with Crippen molar-refractivity contribution >= 4 is 22.9 Å². The van der Waals surface area contributed by atoms with E-state index in [1.807, 2.05) is 43.3 Å². The molecule has 0 aliphatic rings. The van der Waals surface area contributed by atoms with E-state index in [1.165, 1.54) is 17.4 Å². The standard InChI is InChI=1S/C16H12ClFN2S/c1-10-7-8-12(13(18)9-10)15-19-20-16(21-15)14(17)11-5-3-2-4-6-11/h2-9,14H,1H3. The summed E-state index contributed by atoms with van der Waals surface area (Å²) in [7, 11) is 0. The van der Waals surface area contributed by atoms with Crippen LogP contribution in [0.3, 0.4) is 0 Å². The molecule has 0 aliphatic heterocycles. The highest BCUT2D eigenvalue weighted by atomic mass is 35.5. The maximum atomic E-state index is 14.0. The summed E-state index contributed by atoms with van der Waals surface area (Å²) in [5, 5.41) is 9.01. The highest BCUT2D eigenvalue weighted by molar-refractivity contribution is 7.15. The SMILES string of the molecule is Cc1ccc(-c2nnc(C(Cl)c3ccccc3)s2)c(F)c1. The van der Waals surface area contributed by atoms with Crippen LogP contribution in [0.15, 0.2) is 48.5 Å². The molecule has 1 aromatic heterocycles. The van der Waals surface area contributed by atoms with Gasteiger partial charge < -0.3 is 0 Å². The second-order valence-corrected chi connectivity index (χ2v) is 6.15. The minimum absolute atomic E-state index is 0.288. The molecule has 0 N–H and O–H groups in total. The van der Waals surface area contributed by atoms with Gasteiger partial charge in [-0.25, -0.2) is 4.39 Å². The second-order valence-electron chi connectivity index (χ2n) is 4.70. The summed E-state index contributed by atoms with van der Waals surface area (Å²) in [5.74, 6) is -0.288. The van der Waals surface area contributed by atoms with Crippen LogP contribution >= 0.6 is 22.9 Å².